The van der Waals surface area contributed by atoms with Crippen LogP contribution in [0, 0.1) is 0 Å². The average molecular weight is 533 g/mol. The number of aromatic nitrogens is 1. The molecule has 1 aromatic heterocycles. The largest absolute Gasteiger partial charge is 0.493 e. The summed E-state index contributed by atoms with van der Waals surface area (Å²) >= 11 is 8.39. The molecule has 0 fully saturated rings. The van der Waals surface area contributed by atoms with Gasteiger partial charge in [-0.25, -0.2) is 4.98 Å². The number of anilines is 1. The molecule has 1 heterocycles. The van der Waals surface area contributed by atoms with Gasteiger partial charge in [0.1, 0.15) is 6.61 Å². The number of nitrogens with zero attached hydrogens (tertiary/aromatic N) is 2. The highest BCUT2D eigenvalue weighted by Gasteiger charge is 2.16. The molecule has 0 saturated heterocycles. The van der Waals surface area contributed by atoms with Crippen LogP contribution in [0.4, 0.5) is 5.13 Å². The van der Waals surface area contributed by atoms with Crippen molar-refractivity contribution in [1.29, 1.82) is 0 Å². The molecule has 0 atom stereocenters. The number of hydrogen-bond acceptors (Lipinski definition) is 8. The SMILES string of the molecule is C=CCOc1c(OC)cc(C=NNc2nc(CC(=O)OCC)cs2)c(Br)c1Br. The van der Waals surface area contributed by atoms with Gasteiger partial charge in [0.2, 0.25) is 5.13 Å². The summed E-state index contributed by atoms with van der Waals surface area (Å²) in [5, 5.41) is 6.56. The summed E-state index contributed by atoms with van der Waals surface area (Å²) < 4.78 is 17.4. The Morgan fingerprint density at radius 1 is 1.43 bits per heavy atom. The van der Waals surface area contributed by atoms with Crippen LogP contribution in [0.1, 0.15) is 18.2 Å². The van der Waals surface area contributed by atoms with E-state index in [4.69, 9.17) is 14.2 Å². The minimum absolute atomic E-state index is 0.137. The standard InChI is InChI=1S/C18H19Br2N3O4S/c1-4-6-27-17-13(25-3)7-11(15(19)16(17)20)9-21-23-18-22-12(10-28-18)8-14(24)26-5-2/h4,7,9-10H,1,5-6,8H2,2-3H3,(H,22,23). The third-order valence-electron chi connectivity index (χ3n) is 3.27. The molecule has 7 nitrogen and oxygen atoms in total. The molecule has 2 aromatic rings. The molecule has 1 N–H and O–H groups in total. The summed E-state index contributed by atoms with van der Waals surface area (Å²) in [5.41, 5.74) is 4.26. The van der Waals surface area contributed by atoms with Gasteiger partial charge in [0, 0.05) is 15.4 Å². The van der Waals surface area contributed by atoms with Crippen molar-refractivity contribution in [3.8, 4) is 11.5 Å². The van der Waals surface area contributed by atoms with Gasteiger partial charge in [-0.2, -0.15) is 5.10 Å². The Bertz CT molecular complexity index is 871. The summed E-state index contributed by atoms with van der Waals surface area (Å²) in [6.07, 6.45) is 3.42. The molecule has 0 aliphatic carbocycles. The fourth-order valence-electron chi connectivity index (χ4n) is 2.08. The van der Waals surface area contributed by atoms with Crippen LogP contribution in [-0.4, -0.2) is 37.5 Å². The summed E-state index contributed by atoms with van der Waals surface area (Å²) in [4.78, 5) is 15.8. The van der Waals surface area contributed by atoms with Crippen LogP contribution in [0.25, 0.3) is 0 Å². The molecule has 0 aliphatic heterocycles. The topological polar surface area (TPSA) is 82.0 Å². The van der Waals surface area contributed by atoms with E-state index in [1.807, 2.05) is 0 Å². The molecule has 0 aliphatic rings. The van der Waals surface area contributed by atoms with Crippen molar-refractivity contribution in [2.24, 2.45) is 5.10 Å². The number of rotatable bonds is 10. The van der Waals surface area contributed by atoms with Crippen LogP contribution in [0.5, 0.6) is 11.5 Å². The smallest absolute Gasteiger partial charge is 0.311 e. The maximum Gasteiger partial charge on any atom is 0.311 e. The van der Waals surface area contributed by atoms with Gasteiger partial charge >= 0.3 is 5.97 Å². The van der Waals surface area contributed by atoms with Crippen molar-refractivity contribution in [3.05, 3.63) is 44.3 Å². The van der Waals surface area contributed by atoms with Gasteiger partial charge in [-0.3, -0.25) is 10.2 Å². The van der Waals surface area contributed by atoms with Gasteiger partial charge in [-0.05, 0) is 44.8 Å². The Kier molecular flexibility index (Phi) is 8.94. The number of carbonyl (C=O) groups is 1. The Morgan fingerprint density at radius 3 is 2.89 bits per heavy atom. The zero-order valence-corrected chi connectivity index (χ0v) is 19.3. The Morgan fingerprint density at radius 2 is 2.21 bits per heavy atom. The second kappa shape index (κ2) is 11.2. The maximum atomic E-state index is 11.5. The number of methoxy groups -OCH3 is 1. The highest BCUT2D eigenvalue weighted by atomic mass is 79.9. The summed E-state index contributed by atoms with van der Waals surface area (Å²) in [5.74, 6) is 0.828. The molecular weight excluding hydrogens is 514 g/mol. The van der Waals surface area contributed by atoms with E-state index in [1.165, 1.54) is 11.3 Å². The van der Waals surface area contributed by atoms with E-state index in [-0.39, 0.29) is 12.4 Å². The van der Waals surface area contributed by atoms with E-state index < -0.39 is 0 Å². The highest BCUT2D eigenvalue weighted by Crippen LogP contribution is 2.42. The first-order valence-corrected chi connectivity index (χ1v) is 10.6. The molecule has 0 saturated carbocycles. The molecular formula is C18H19Br2N3O4S. The minimum Gasteiger partial charge on any atom is -0.493 e. The van der Waals surface area contributed by atoms with Crippen molar-refractivity contribution < 1.29 is 19.0 Å². The first-order valence-electron chi connectivity index (χ1n) is 8.18. The summed E-state index contributed by atoms with van der Waals surface area (Å²) in [7, 11) is 1.57. The fraction of sp³-hybridized carbons (Fsp3) is 0.278. The monoisotopic (exact) mass is 531 g/mol. The van der Waals surface area contributed by atoms with Crippen LogP contribution < -0.4 is 14.9 Å². The lowest BCUT2D eigenvalue weighted by molar-refractivity contribution is -0.142. The Hall–Kier alpha value is -1.91. The van der Waals surface area contributed by atoms with E-state index in [2.05, 4.69) is 54.0 Å². The average Bonchev–Trinajstić information content (AvgIpc) is 3.11. The van der Waals surface area contributed by atoms with Crippen molar-refractivity contribution in [1.82, 2.24) is 4.98 Å². The van der Waals surface area contributed by atoms with E-state index in [0.717, 1.165) is 10.0 Å². The Labute approximate surface area is 184 Å². The van der Waals surface area contributed by atoms with Crippen LogP contribution in [-0.2, 0) is 16.0 Å². The number of esters is 1. The number of nitrogens with one attached hydrogen (secondary N) is 1. The number of hydrazone groups is 1. The number of thiazole rings is 1. The van der Waals surface area contributed by atoms with Gasteiger partial charge in [-0.15, -0.1) is 11.3 Å². The van der Waals surface area contributed by atoms with Gasteiger partial charge in [0.15, 0.2) is 11.5 Å². The lowest BCUT2D eigenvalue weighted by atomic mass is 10.2. The highest BCUT2D eigenvalue weighted by molar-refractivity contribution is 9.13. The quantitative estimate of drug-likeness (QED) is 0.205. The molecule has 0 amide bonds. The van der Waals surface area contributed by atoms with E-state index >= 15 is 0 Å². The molecule has 2 rings (SSSR count). The number of halogens is 2. The van der Waals surface area contributed by atoms with Crippen LogP contribution in [0.3, 0.4) is 0 Å². The number of hydrogen-bond donors (Lipinski definition) is 1. The van der Waals surface area contributed by atoms with Crippen LogP contribution in [0.2, 0.25) is 0 Å². The lowest BCUT2D eigenvalue weighted by Crippen LogP contribution is -2.07. The van der Waals surface area contributed by atoms with Crippen molar-refractivity contribution in [2.45, 2.75) is 13.3 Å². The molecule has 0 bridgehead atoms. The normalized spacial score (nSPS) is 10.7. The van der Waals surface area contributed by atoms with Gasteiger partial charge < -0.3 is 14.2 Å². The van der Waals surface area contributed by atoms with Gasteiger partial charge in [0.05, 0.1) is 36.5 Å². The number of benzene rings is 1. The molecule has 10 heteroatoms. The van der Waals surface area contributed by atoms with Gasteiger partial charge in [-0.1, -0.05) is 12.7 Å². The molecule has 0 unspecified atom stereocenters. The molecule has 0 spiro atoms. The Balaban J connectivity index is 2.10. The van der Waals surface area contributed by atoms with Gasteiger partial charge in [0.25, 0.3) is 0 Å². The molecule has 0 radical (unpaired) electrons. The van der Waals surface area contributed by atoms with Crippen molar-refractivity contribution in [3.63, 3.8) is 0 Å². The minimum atomic E-state index is -0.303. The second-order valence-electron chi connectivity index (χ2n) is 5.22. The summed E-state index contributed by atoms with van der Waals surface area (Å²) in [6, 6.07) is 1.80. The molecule has 150 valence electrons. The van der Waals surface area contributed by atoms with Crippen LogP contribution >= 0.6 is 43.2 Å². The number of ether oxygens (including phenoxy) is 3. The number of carbonyl (C=O) groups excluding carboxylic acids is 1. The van der Waals surface area contributed by atoms with Crippen LogP contribution in [0.15, 0.2) is 38.1 Å². The van der Waals surface area contributed by atoms with E-state index in [1.54, 1.807) is 37.8 Å². The third-order valence-corrected chi connectivity index (χ3v) is 6.21. The zero-order valence-electron chi connectivity index (χ0n) is 15.3. The summed E-state index contributed by atoms with van der Waals surface area (Å²) in [6.45, 7) is 6.12. The third kappa shape index (κ3) is 6.05. The molecule has 1 aromatic carbocycles. The van der Waals surface area contributed by atoms with E-state index in [0.29, 0.717) is 40.0 Å². The molecule has 28 heavy (non-hydrogen) atoms. The second-order valence-corrected chi connectivity index (χ2v) is 7.66. The van der Waals surface area contributed by atoms with Crippen molar-refractivity contribution in [2.75, 3.05) is 25.7 Å². The predicted octanol–water partition coefficient (Wildman–Crippen LogP) is 4.79. The fourth-order valence-corrected chi connectivity index (χ4v) is 3.68. The predicted molar refractivity (Wildman–Crippen MR) is 118 cm³/mol. The van der Waals surface area contributed by atoms with E-state index in [9.17, 15) is 4.79 Å². The lowest BCUT2D eigenvalue weighted by Gasteiger charge is -2.14. The van der Waals surface area contributed by atoms with Crippen molar-refractivity contribution >= 4 is 60.5 Å². The first kappa shape index (κ1) is 22.4. The zero-order chi connectivity index (χ0) is 20.5. The maximum absolute atomic E-state index is 11.5. The first-order chi connectivity index (χ1) is 13.5.